The molecule has 0 radical (unpaired) electrons. The van der Waals surface area contributed by atoms with Gasteiger partial charge >= 0.3 is 0 Å². The van der Waals surface area contributed by atoms with Gasteiger partial charge in [0.25, 0.3) is 0 Å². The molecule has 2 rings (SSSR count). The molecule has 1 aliphatic carbocycles. The highest BCUT2D eigenvalue weighted by molar-refractivity contribution is 5.06. The Balaban J connectivity index is 2.08. The normalized spacial score (nSPS) is 31.0. The molecule has 0 aromatic rings. The molecule has 2 atom stereocenters. The van der Waals surface area contributed by atoms with Gasteiger partial charge in [-0.05, 0) is 26.2 Å². The molecule has 1 N–H and O–H groups in total. The van der Waals surface area contributed by atoms with Gasteiger partial charge in [-0.25, -0.2) is 0 Å². The minimum absolute atomic E-state index is 0.279. The van der Waals surface area contributed by atoms with E-state index in [0.29, 0.717) is 11.6 Å². The number of terminal acetylenes is 1. The first-order chi connectivity index (χ1) is 8.21. The van der Waals surface area contributed by atoms with Gasteiger partial charge < -0.3 is 5.32 Å². The summed E-state index contributed by atoms with van der Waals surface area (Å²) in [7, 11) is 0. The Bertz CT molecular complexity index is 286. The summed E-state index contributed by atoms with van der Waals surface area (Å²) in [5, 5.41) is 3.83. The zero-order valence-electron chi connectivity index (χ0n) is 11.3. The van der Waals surface area contributed by atoms with Crippen LogP contribution in [0.1, 0.15) is 52.4 Å². The fourth-order valence-electron chi connectivity index (χ4n) is 3.48. The quantitative estimate of drug-likeness (QED) is 0.738. The van der Waals surface area contributed by atoms with Gasteiger partial charge in [0.1, 0.15) is 0 Å². The standard InChI is InChI=1S/C15H26N2/c1-4-13(3)17-12-15(9-7-6-8-10-15)16-11-14(17)5-2/h1,13-14,16H,5-12H2,2-3H3. The van der Waals surface area contributed by atoms with E-state index in [1.54, 1.807) is 0 Å². The first-order valence-corrected chi connectivity index (χ1v) is 7.18. The fourth-order valence-corrected chi connectivity index (χ4v) is 3.48. The Morgan fingerprint density at radius 3 is 2.71 bits per heavy atom. The second-order valence-electron chi connectivity index (χ2n) is 5.80. The van der Waals surface area contributed by atoms with Crippen LogP contribution in [0.15, 0.2) is 0 Å². The predicted octanol–water partition coefficient (Wildman–Crippen LogP) is 2.39. The Kier molecular flexibility index (Phi) is 4.12. The summed E-state index contributed by atoms with van der Waals surface area (Å²) in [5.74, 6) is 2.92. The van der Waals surface area contributed by atoms with Crippen molar-refractivity contribution in [2.45, 2.75) is 70.0 Å². The average Bonchev–Trinajstić information content (AvgIpc) is 2.39. The maximum absolute atomic E-state index is 5.63. The molecule has 2 fully saturated rings. The Morgan fingerprint density at radius 2 is 2.12 bits per heavy atom. The highest BCUT2D eigenvalue weighted by Gasteiger charge is 2.40. The minimum Gasteiger partial charge on any atom is -0.308 e. The zero-order valence-corrected chi connectivity index (χ0v) is 11.3. The molecule has 1 aliphatic heterocycles. The van der Waals surface area contributed by atoms with Crippen LogP contribution >= 0.6 is 0 Å². The summed E-state index contributed by atoms with van der Waals surface area (Å²) in [6.45, 7) is 6.70. The van der Waals surface area contributed by atoms with E-state index in [1.807, 2.05) is 0 Å². The average molecular weight is 234 g/mol. The molecule has 1 saturated heterocycles. The molecule has 2 nitrogen and oxygen atoms in total. The number of hydrogen-bond donors (Lipinski definition) is 1. The summed E-state index contributed by atoms with van der Waals surface area (Å²) in [4.78, 5) is 2.56. The largest absolute Gasteiger partial charge is 0.308 e. The van der Waals surface area contributed by atoms with Gasteiger partial charge in [0, 0.05) is 24.7 Å². The SMILES string of the molecule is C#CC(C)N1CC2(CCCCC2)NCC1CC. The van der Waals surface area contributed by atoms with E-state index in [2.05, 4.69) is 30.0 Å². The topological polar surface area (TPSA) is 15.3 Å². The number of hydrogen-bond acceptors (Lipinski definition) is 2. The summed E-state index contributed by atoms with van der Waals surface area (Å²) in [6.07, 6.45) is 13.6. The molecule has 1 saturated carbocycles. The predicted molar refractivity (Wildman–Crippen MR) is 72.9 cm³/mol. The van der Waals surface area contributed by atoms with Crippen molar-refractivity contribution in [1.29, 1.82) is 0 Å². The molecule has 96 valence electrons. The van der Waals surface area contributed by atoms with Gasteiger partial charge in [0.2, 0.25) is 0 Å². The van der Waals surface area contributed by atoms with E-state index >= 15 is 0 Å². The molecule has 1 heterocycles. The summed E-state index contributed by atoms with van der Waals surface area (Å²) in [5.41, 5.74) is 0.370. The van der Waals surface area contributed by atoms with Gasteiger partial charge in [-0.1, -0.05) is 32.1 Å². The van der Waals surface area contributed by atoms with Gasteiger partial charge in [-0.2, -0.15) is 0 Å². The van der Waals surface area contributed by atoms with E-state index in [0.717, 1.165) is 13.1 Å². The second-order valence-corrected chi connectivity index (χ2v) is 5.80. The van der Waals surface area contributed by atoms with E-state index < -0.39 is 0 Å². The number of nitrogens with zero attached hydrogens (tertiary/aromatic N) is 1. The van der Waals surface area contributed by atoms with Crippen molar-refractivity contribution in [2.24, 2.45) is 0 Å². The fraction of sp³-hybridized carbons (Fsp3) is 0.867. The van der Waals surface area contributed by atoms with Crippen LogP contribution in [0.5, 0.6) is 0 Å². The van der Waals surface area contributed by atoms with Crippen molar-refractivity contribution in [1.82, 2.24) is 10.2 Å². The van der Waals surface area contributed by atoms with Crippen molar-refractivity contribution in [2.75, 3.05) is 13.1 Å². The van der Waals surface area contributed by atoms with Crippen LogP contribution in [0.4, 0.5) is 0 Å². The third-order valence-corrected chi connectivity index (χ3v) is 4.69. The van der Waals surface area contributed by atoms with E-state index in [-0.39, 0.29) is 6.04 Å². The van der Waals surface area contributed by atoms with Crippen LogP contribution in [0.25, 0.3) is 0 Å². The van der Waals surface area contributed by atoms with E-state index in [1.165, 1.54) is 38.5 Å². The highest BCUT2D eigenvalue weighted by Crippen LogP contribution is 2.32. The summed E-state index contributed by atoms with van der Waals surface area (Å²) in [6, 6.07) is 0.898. The lowest BCUT2D eigenvalue weighted by Crippen LogP contribution is -2.66. The van der Waals surface area contributed by atoms with E-state index in [9.17, 15) is 0 Å². The number of rotatable bonds is 2. The maximum atomic E-state index is 5.63. The molecule has 0 amide bonds. The lowest BCUT2D eigenvalue weighted by Gasteiger charge is -2.50. The van der Waals surface area contributed by atoms with Crippen molar-refractivity contribution < 1.29 is 0 Å². The van der Waals surface area contributed by atoms with E-state index in [4.69, 9.17) is 6.42 Å². The molecule has 2 heteroatoms. The lowest BCUT2D eigenvalue weighted by molar-refractivity contribution is 0.0423. The Hall–Kier alpha value is -0.520. The second kappa shape index (κ2) is 5.42. The molecule has 17 heavy (non-hydrogen) atoms. The van der Waals surface area contributed by atoms with Gasteiger partial charge in [-0.3, -0.25) is 4.90 Å². The monoisotopic (exact) mass is 234 g/mol. The molecule has 0 aromatic carbocycles. The molecule has 0 aromatic heterocycles. The van der Waals surface area contributed by atoms with Crippen LogP contribution in [-0.4, -0.2) is 35.6 Å². The number of piperazine rings is 1. The molecule has 0 bridgehead atoms. The highest BCUT2D eigenvalue weighted by atomic mass is 15.3. The third kappa shape index (κ3) is 2.67. The summed E-state index contributed by atoms with van der Waals surface area (Å²) >= 11 is 0. The molecular formula is C15H26N2. The van der Waals surface area contributed by atoms with Gasteiger partial charge in [-0.15, -0.1) is 6.42 Å². The van der Waals surface area contributed by atoms with Crippen LogP contribution in [0.3, 0.4) is 0 Å². The van der Waals surface area contributed by atoms with Crippen molar-refractivity contribution in [3.8, 4) is 12.3 Å². The minimum atomic E-state index is 0.279. The lowest BCUT2D eigenvalue weighted by atomic mass is 9.79. The van der Waals surface area contributed by atoms with Crippen molar-refractivity contribution in [3.63, 3.8) is 0 Å². The number of nitrogens with one attached hydrogen (secondary N) is 1. The van der Waals surface area contributed by atoms with Crippen LogP contribution in [0.2, 0.25) is 0 Å². The van der Waals surface area contributed by atoms with Crippen LogP contribution < -0.4 is 5.32 Å². The van der Waals surface area contributed by atoms with Crippen LogP contribution in [0, 0.1) is 12.3 Å². The Labute approximate surface area is 106 Å². The van der Waals surface area contributed by atoms with Crippen LogP contribution in [-0.2, 0) is 0 Å². The smallest absolute Gasteiger partial charge is 0.0686 e. The molecular weight excluding hydrogens is 208 g/mol. The summed E-state index contributed by atoms with van der Waals surface area (Å²) < 4.78 is 0. The first-order valence-electron chi connectivity index (χ1n) is 7.18. The van der Waals surface area contributed by atoms with Gasteiger partial charge in [0.15, 0.2) is 0 Å². The molecule has 1 spiro atoms. The zero-order chi connectivity index (χ0) is 12.3. The Morgan fingerprint density at radius 1 is 1.41 bits per heavy atom. The van der Waals surface area contributed by atoms with Crippen molar-refractivity contribution >= 4 is 0 Å². The third-order valence-electron chi connectivity index (χ3n) is 4.69. The molecule has 2 aliphatic rings. The maximum Gasteiger partial charge on any atom is 0.0686 e. The molecule has 2 unspecified atom stereocenters. The first kappa shape index (κ1) is 12.9. The van der Waals surface area contributed by atoms with Gasteiger partial charge in [0.05, 0.1) is 6.04 Å². The van der Waals surface area contributed by atoms with Crippen molar-refractivity contribution in [3.05, 3.63) is 0 Å².